The number of carbonyl (C=O) groups excluding carboxylic acids is 1. The topological polar surface area (TPSA) is 112 Å². The van der Waals surface area contributed by atoms with Crippen molar-refractivity contribution in [1.29, 1.82) is 0 Å². The molecule has 0 aliphatic carbocycles. The molecule has 0 aliphatic heterocycles. The number of likely N-dealkylation sites (N-methyl/N-ethyl adjacent to an activating group) is 1. The van der Waals surface area contributed by atoms with E-state index in [1.165, 1.54) is 18.2 Å². The van der Waals surface area contributed by atoms with E-state index >= 15 is 0 Å². The highest BCUT2D eigenvalue weighted by atomic mass is 32.2. The Bertz CT molecular complexity index is 962. The summed E-state index contributed by atoms with van der Waals surface area (Å²) in [5, 5.41) is 7.89. The molecule has 9 heteroatoms. The van der Waals surface area contributed by atoms with Crippen LogP contribution in [0, 0.1) is 0 Å². The van der Waals surface area contributed by atoms with Crippen molar-refractivity contribution in [2.24, 2.45) is 5.14 Å². The highest BCUT2D eigenvalue weighted by molar-refractivity contribution is 7.89. The van der Waals surface area contributed by atoms with Crippen LogP contribution in [0.3, 0.4) is 0 Å². The van der Waals surface area contributed by atoms with Crippen LogP contribution in [0.1, 0.15) is 12.5 Å². The summed E-state index contributed by atoms with van der Waals surface area (Å²) >= 11 is 0. The lowest BCUT2D eigenvalue weighted by atomic mass is 10.1. The highest BCUT2D eigenvalue weighted by Gasteiger charge is 2.22. The molecule has 2 aromatic carbocycles. The molecule has 2 atom stereocenters. The van der Waals surface area contributed by atoms with E-state index in [0.717, 1.165) is 23.4 Å². The second-order valence-electron chi connectivity index (χ2n) is 6.82. The van der Waals surface area contributed by atoms with E-state index in [9.17, 15) is 13.2 Å². The molecule has 0 spiro atoms. The molecule has 0 radical (unpaired) electrons. The van der Waals surface area contributed by atoms with Crippen LogP contribution in [0.2, 0.25) is 0 Å². The maximum atomic E-state index is 12.6. The molecule has 1 amide bonds. The molecule has 29 heavy (non-hydrogen) atoms. The Kier molecular flexibility index (Phi) is 7.60. The standard InChI is InChI=1S/C20H27N3O5S/c1-14(20(24)22-16-6-5-7-17(13-16)29(21,25)26)23(2)11-10-15-8-9-18(27-3)19(12-15)28-4/h5-9,12-14H,10-11H2,1-4H3,(H,22,24)(H2,21,25,26)/p+1/t14-/m1/s1. The molecule has 0 fully saturated rings. The van der Waals surface area contributed by atoms with E-state index in [1.807, 2.05) is 32.2 Å². The minimum atomic E-state index is -3.82. The number of methoxy groups -OCH3 is 2. The van der Waals surface area contributed by atoms with Crippen molar-refractivity contribution in [3.63, 3.8) is 0 Å². The number of quaternary nitrogens is 1. The molecule has 8 nitrogen and oxygen atoms in total. The molecule has 0 heterocycles. The Labute approximate surface area is 171 Å². The first-order valence-electron chi connectivity index (χ1n) is 9.12. The van der Waals surface area contributed by atoms with Crippen molar-refractivity contribution >= 4 is 21.6 Å². The minimum absolute atomic E-state index is 0.0443. The zero-order valence-electron chi connectivity index (χ0n) is 17.1. The van der Waals surface area contributed by atoms with Crippen LogP contribution in [0.5, 0.6) is 11.5 Å². The summed E-state index contributed by atoms with van der Waals surface area (Å²) in [4.78, 5) is 13.5. The second-order valence-corrected chi connectivity index (χ2v) is 8.38. The third-order valence-corrected chi connectivity index (χ3v) is 5.73. The van der Waals surface area contributed by atoms with Gasteiger partial charge in [0.1, 0.15) is 0 Å². The van der Waals surface area contributed by atoms with Gasteiger partial charge in [-0.1, -0.05) is 12.1 Å². The van der Waals surface area contributed by atoms with Crippen LogP contribution in [0.25, 0.3) is 0 Å². The molecule has 0 saturated heterocycles. The number of benzene rings is 2. The van der Waals surface area contributed by atoms with Gasteiger partial charge in [0, 0.05) is 12.1 Å². The zero-order valence-corrected chi connectivity index (χ0v) is 17.9. The summed E-state index contributed by atoms with van der Waals surface area (Å²) in [5.41, 5.74) is 1.47. The normalized spacial score (nSPS) is 13.4. The van der Waals surface area contributed by atoms with Crippen LogP contribution in [0.15, 0.2) is 47.4 Å². The number of carbonyl (C=O) groups is 1. The first-order valence-corrected chi connectivity index (χ1v) is 10.7. The lowest BCUT2D eigenvalue weighted by molar-refractivity contribution is -0.893. The Balaban J connectivity index is 1.97. The van der Waals surface area contributed by atoms with E-state index in [0.29, 0.717) is 17.2 Å². The van der Waals surface area contributed by atoms with E-state index in [4.69, 9.17) is 14.6 Å². The van der Waals surface area contributed by atoms with Crippen LogP contribution < -0.4 is 24.8 Å². The number of primary sulfonamides is 1. The van der Waals surface area contributed by atoms with E-state index in [1.54, 1.807) is 20.3 Å². The van der Waals surface area contributed by atoms with Crippen molar-refractivity contribution in [3.05, 3.63) is 48.0 Å². The zero-order chi connectivity index (χ0) is 21.6. The fourth-order valence-corrected chi connectivity index (χ4v) is 3.38. The van der Waals surface area contributed by atoms with Gasteiger partial charge in [-0.05, 0) is 42.8 Å². The van der Waals surface area contributed by atoms with Crippen LogP contribution in [0.4, 0.5) is 5.69 Å². The number of anilines is 1. The van der Waals surface area contributed by atoms with Crippen molar-refractivity contribution in [3.8, 4) is 11.5 Å². The van der Waals surface area contributed by atoms with Gasteiger partial charge in [-0.15, -0.1) is 0 Å². The molecule has 0 bridgehead atoms. The minimum Gasteiger partial charge on any atom is -0.493 e. The van der Waals surface area contributed by atoms with Crippen LogP contribution >= 0.6 is 0 Å². The number of sulfonamides is 1. The third-order valence-electron chi connectivity index (χ3n) is 4.82. The van der Waals surface area contributed by atoms with Gasteiger partial charge < -0.3 is 19.7 Å². The van der Waals surface area contributed by atoms with Crippen LogP contribution in [-0.4, -0.2) is 48.2 Å². The first-order chi connectivity index (χ1) is 13.7. The van der Waals surface area contributed by atoms with Gasteiger partial charge in [-0.25, -0.2) is 13.6 Å². The Morgan fingerprint density at radius 3 is 2.45 bits per heavy atom. The predicted molar refractivity (Wildman–Crippen MR) is 111 cm³/mol. The van der Waals surface area contributed by atoms with Crippen molar-refractivity contribution in [2.75, 3.05) is 33.1 Å². The smallest absolute Gasteiger partial charge is 0.282 e. The average Bonchev–Trinajstić information content (AvgIpc) is 2.70. The van der Waals surface area contributed by atoms with Gasteiger partial charge in [-0.3, -0.25) is 4.79 Å². The maximum absolute atomic E-state index is 12.6. The highest BCUT2D eigenvalue weighted by Crippen LogP contribution is 2.27. The Morgan fingerprint density at radius 2 is 1.83 bits per heavy atom. The maximum Gasteiger partial charge on any atom is 0.282 e. The van der Waals surface area contributed by atoms with E-state index < -0.39 is 10.0 Å². The fraction of sp³-hybridized carbons (Fsp3) is 0.350. The van der Waals surface area contributed by atoms with Gasteiger partial charge in [0.2, 0.25) is 10.0 Å². The molecule has 0 saturated carbocycles. The van der Waals surface area contributed by atoms with Crippen molar-refractivity contribution in [2.45, 2.75) is 24.3 Å². The van der Waals surface area contributed by atoms with E-state index in [-0.39, 0.29) is 16.8 Å². The SMILES string of the molecule is COc1ccc(CC[NH+](C)[C@H](C)C(=O)Nc2cccc(S(N)(=O)=O)c2)cc1OC. The number of rotatable bonds is 9. The van der Waals surface area contributed by atoms with E-state index in [2.05, 4.69) is 5.32 Å². The number of hydrogen-bond acceptors (Lipinski definition) is 5. The van der Waals surface area contributed by atoms with Crippen molar-refractivity contribution < 1.29 is 27.6 Å². The number of nitrogens with two attached hydrogens (primary N) is 1. The summed E-state index contributed by atoms with van der Waals surface area (Å²) < 4.78 is 33.5. The average molecular weight is 423 g/mol. The molecular weight excluding hydrogens is 394 g/mol. The summed E-state index contributed by atoms with van der Waals surface area (Å²) in [7, 11) is 1.30. The summed E-state index contributed by atoms with van der Waals surface area (Å²) in [6, 6.07) is 11.3. The Morgan fingerprint density at radius 1 is 1.14 bits per heavy atom. The molecular formula is C20H28N3O5S+. The molecule has 0 aromatic heterocycles. The first kappa shape index (κ1) is 22.7. The van der Waals surface area contributed by atoms with Crippen molar-refractivity contribution in [1.82, 2.24) is 0 Å². The summed E-state index contributed by atoms with van der Waals surface area (Å²) in [5.74, 6) is 1.14. The fourth-order valence-electron chi connectivity index (χ4n) is 2.82. The molecule has 2 aromatic rings. The number of amides is 1. The second kappa shape index (κ2) is 9.73. The van der Waals surface area contributed by atoms with Gasteiger partial charge in [0.25, 0.3) is 5.91 Å². The predicted octanol–water partition coefficient (Wildman–Crippen LogP) is 0.436. The summed E-state index contributed by atoms with van der Waals surface area (Å²) in [6.07, 6.45) is 0.755. The molecule has 158 valence electrons. The number of nitrogens with one attached hydrogen (secondary N) is 2. The summed E-state index contributed by atoms with van der Waals surface area (Å²) in [6.45, 7) is 2.55. The quantitative estimate of drug-likeness (QED) is 0.543. The van der Waals surface area contributed by atoms with Gasteiger partial charge in [0.15, 0.2) is 17.5 Å². The largest absolute Gasteiger partial charge is 0.493 e. The molecule has 1 unspecified atom stereocenters. The Hall–Kier alpha value is -2.62. The molecule has 0 aliphatic rings. The third kappa shape index (κ3) is 6.18. The van der Waals surface area contributed by atoms with Gasteiger partial charge >= 0.3 is 0 Å². The van der Waals surface area contributed by atoms with Gasteiger partial charge in [0.05, 0.1) is 32.7 Å². The monoisotopic (exact) mass is 422 g/mol. The molecule has 2 rings (SSSR count). The number of ether oxygens (including phenoxy) is 2. The van der Waals surface area contributed by atoms with Crippen LogP contribution in [-0.2, 0) is 21.2 Å². The lowest BCUT2D eigenvalue weighted by Gasteiger charge is -2.21. The lowest BCUT2D eigenvalue weighted by Crippen LogP contribution is -3.14. The number of hydrogen-bond donors (Lipinski definition) is 3. The molecule has 4 N–H and O–H groups in total. The van der Waals surface area contributed by atoms with Gasteiger partial charge in [-0.2, -0.15) is 0 Å².